The van der Waals surface area contributed by atoms with Gasteiger partial charge in [-0.3, -0.25) is 4.79 Å². The largest absolute Gasteiger partial charge is 0.374 e. The normalized spacial score (nSPS) is 11.8. The smallest absolute Gasteiger partial charge is 0.270 e. The molecule has 0 unspecified atom stereocenters. The second-order valence-corrected chi connectivity index (χ2v) is 6.93. The molecule has 0 fully saturated rings. The van der Waals surface area contributed by atoms with E-state index in [1.54, 1.807) is 0 Å². The van der Waals surface area contributed by atoms with Crippen LogP contribution in [0.1, 0.15) is 42.2 Å². The number of aromatic nitrogens is 1. The van der Waals surface area contributed by atoms with Crippen molar-refractivity contribution in [2.75, 3.05) is 6.54 Å². The van der Waals surface area contributed by atoms with Gasteiger partial charge in [0, 0.05) is 28.7 Å². The van der Waals surface area contributed by atoms with Crippen LogP contribution in [0.5, 0.6) is 0 Å². The molecule has 126 valence electrons. The summed E-state index contributed by atoms with van der Waals surface area (Å²) in [6.45, 7) is 4.82. The second-order valence-electron chi connectivity index (χ2n) is 5.57. The van der Waals surface area contributed by atoms with Crippen molar-refractivity contribution < 1.29 is 9.36 Å². The molecule has 0 aliphatic heterocycles. The van der Waals surface area contributed by atoms with Crippen LogP contribution in [0.15, 0.2) is 53.3 Å². The highest BCUT2D eigenvalue weighted by atomic mass is 79.9. The van der Waals surface area contributed by atoms with Crippen molar-refractivity contribution in [2.24, 2.45) is 0 Å². The molecule has 0 spiro atoms. The molecule has 1 aromatic heterocycles. The Morgan fingerprint density at radius 2 is 1.79 bits per heavy atom. The van der Waals surface area contributed by atoms with Gasteiger partial charge in [-0.1, -0.05) is 53.6 Å². The van der Waals surface area contributed by atoms with E-state index in [0.717, 1.165) is 17.3 Å². The number of halogens is 1. The maximum Gasteiger partial charge on any atom is 0.270 e. The molecular formula is C19H22BrN2OS+. The fourth-order valence-corrected chi connectivity index (χ4v) is 3.17. The molecule has 1 heterocycles. The van der Waals surface area contributed by atoms with Gasteiger partial charge in [-0.2, -0.15) is 4.57 Å². The quantitative estimate of drug-likeness (QED) is 0.428. The van der Waals surface area contributed by atoms with Crippen LogP contribution in [0.25, 0.3) is 0 Å². The predicted octanol–water partition coefficient (Wildman–Crippen LogP) is 4.05. The molecule has 1 N–H and O–H groups in total. The van der Waals surface area contributed by atoms with E-state index in [-0.39, 0.29) is 5.78 Å². The van der Waals surface area contributed by atoms with Crippen molar-refractivity contribution in [3.8, 4) is 0 Å². The fraction of sp³-hybridized carbons (Fsp3) is 0.316. The van der Waals surface area contributed by atoms with Crippen LogP contribution in [-0.2, 0) is 6.42 Å². The zero-order valence-electron chi connectivity index (χ0n) is 14.0. The maximum atomic E-state index is 13.0. The highest BCUT2D eigenvalue weighted by Crippen LogP contribution is 2.15. The van der Waals surface area contributed by atoms with Gasteiger partial charge in [0.25, 0.3) is 6.04 Å². The highest BCUT2D eigenvalue weighted by Gasteiger charge is 2.32. The fourth-order valence-electron chi connectivity index (χ4n) is 2.53. The third kappa shape index (κ3) is 4.71. The van der Waals surface area contributed by atoms with E-state index in [2.05, 4.69) is 40.3 Å². The van der Waals surface area contributed by atoms with E-state index < -0.39 is 6.04 Å². The molecule has 2 aromatic rings. The Bertz CT molecular complexity index is 698. The number of hydrogen-bond donors (Lipinski definition) is 1. The first-order valence-corrected chi connectivity index (χ1v) is 9.34. The van der Waals surface area contributed by atoms with Crippen molar-refractivity contribution in [2.45, 2.75) is 32.7 Å². The van der Waals surface area contributed by atoms with E-state index in [0.29, 0.717) is 17.1 Å². The number of carbonyl (C=O) groups is 1. The van der Waals surface area contributed by atoms with Crippen molar-refractivity contribution in [3.05, 3.63) is 64.4 Å². The van der Waals surface area contributed by atoms with Crippen molar-refractivity contribution in [1.82, 2.24) is 5.32 Å². The number of carbonyl (C=O) groups excluding carboxylic acids is 1. The van der Waals surface area contributed by atoms with E-state index in [1.807, 2.05) is 48.1 Å². The average Bonchev–Trinajstić information content (AvgIpc) is 2.58. The standard InChI is InChI=1S/C19H21BrN2OS/c1-3-5-14-10-12-22(13-11-14)17(19(24)21-4-2)18(23)15-6-8-16(20)9-7-15/h6-13,17H,3-5H2,1-2H3/p+1/t17-/m1/s1. The van der Waals surface area contributed by atoms with Crippen LogP contribution in [0.4, 0.5) is 0 Å². The molecule has 0 aliphatic carbocycles. The van der Waals surface area contributed by atoms with Gasteiger partial charge in [0.15, 0.2) is 17.4 Å². The first-order valence-electron chi connectivity index (χ1n) is 8.14. The monoisotopic (exact) mass is 405 g/mol. The number of pyridine rings is 1. The number of ketones is 1. The van der Waals surface area contributed by atoms with Gasteiger partial charge < -0.3 is 5.32 Å². The summed E-state index contributed by atoms with van der Waals surface area (Å²) >= 11 is 8.88. The Kier molecular flexibility index (Phi) is 7.06. The van der Waals surface area contributed by atoms with Crippen molar-refractivity contribution in [3.63, 3.8) is 0 Å². The van der Waals surface area contributed by atoms with Gasteiger partial charge in [0.2, 0.25) is 5.78 Å². The predicted molar refractivity (Wildman–Crippen MR) is 104 cm³/mol. The third-order valence-corrected chi connectivity index (χ3v) is 4.63. The zero-order chi connectivity index (χ0) is 17.5. The minimum atomic E-state index is -0.531. The minimum absolute atomic E-state index is 0.0123. The molecule has 1 atom stereocenters. The van der Waals surface area contributed by atoms with Crippen LogP contribution in [0.2, 0.25) is 0 Å². The number of Topliss-reactive ketones (excluding diaryl/α,β-unsaturated/α-hetero) is 1. The van der Waals surface area contributed by atoms with Gasteiger partial charge >= 0.3 is 0 Å². The van der Waals surface area contributed by atoms with Gasteiger partial charge in [-0.25, -0.2) is 0 Å². The SMILES string of the molecule is CCCc1cc[n+]([C@H](C(=O)c2ccc(Br)cc2)C(=S)NCC)cc1. The van der Waals surface area contributed by atoms with Crippen LogP contribution in [0.3, 0.4) is 0 Å². The lowest BCUT2D eigenvalue weighted by atomic mass is 10.0. The maximum absolute atomic E-state index is 13.0. The zero-order valence-corrected chi connectivity index (χ0v) is 16.4. The summed E-state index contributed by atoms with van der Waals surface area (Å²) in [7, 11) is 0. The van der Waals surface area contributed by atoms with Gasteiger partial charge in [0.1, 0.15) is 0 Å². The summed E-state index contributed by atoms with van der Waals surface area (Å²) in [5.74, 6) is -0.0123. The lowest BCUT2D eigenvalue weighted by Crippen LogP contribution is -2.51. The summed E-state index contributed by atoms with van der Waals surface area (Å²) < 4.78 is 2.83. The van der Waals surface area contributed by atoms with Crippen LogP contribution in [-0.4, -0.2) is 17.3 Å². The number of thiocarbonyl (C=S) groups is 1. The van der Waals surface area contributed by atoms with Crippen LogP contribution in [0, 0.1) is 0 Å². The molecule has 1 aromatic carbocycles. The van der Waals surface area contributed by atoms with Gasteiger partial charge in [0.05, 0.1) is 0 Å². The number of likely N-dealkylation sites (N-methyl/N-ethyl adjacent to an activating group) is 1. The number of benzene rings is 1. The topological polar surface area (TPSA) is 33.0 Å². The minimum Gasteiger partial charge on any atom is -0.374 e. The summed E-state index contributed by atoms with van der Waals surface area (Å²) in [5.41, 5.74) is 1.91. The number of aryl methyl sites for hydroxylation is 1. The number of hydrogen-bond acceptors (Lipinski definition) is 2. The lowest BCUT2D eigenvalue weighted by Gasteiger charge is -2.14. The Morgan fingerprint density at radius 3 is 2.33 bits per heavy atom. The first-order chi connectivity index (χ1) is 11.6. The second kappa shape index (κ2) is 9.04. The Balaban J connectivity index is 2.35. The Hall–Kier alpha value is -1.59. The Morgan fingerprint density at radius 1 is 1.17 bits per heavy atom. The van der Waals surface area contributed by atoms with Crippen molar-refractivity contribution in [1.29, 1.82) is 0 Å². The molecule has 5 heteroatoms. The molecular weight excluding hydrogens is 384 g/mol. The van der Waals surface area contributed by atoms with Crippen molar-refractivity contribution >= 4 is 38.9 Å². The molecule has 0 aliphatic rings. The molecule has 0 bridgehead atoms. The van der Waals surface area contributed by atoms with Gasteiger partial charge in [-0.15, -0.1) is 0 Å². The molecule has 3 nitrogen and oxygen atoms in total. The van der Waals surface area contributed by atoms with Crippen LogP contribution < -0.4 is 9.88 Å². The summed E-state index contributed by atoms with van der Waals surface area (Å²) in [5, 5.41) is 3.13. The van der Waals surface area contributed by atoms with E-state index in [9.17, 15) is 4.79 Å². The summed E-state index contributed by atoms with van der Waals surface area (Å²) in [6, 6.07) is 11.0. The molecule has 0 saturated carbocycles. The molecule has 0 saturated heterocycles. The molecule has 2 rings (SSSR count). The van der Waals surface area contributed by atoms with E-state index in [4.69, 9.17) is 12.2 Å². The van der Waals surface area contributed by atoms with E-state index >= 15 is 0 Å². The van der Waals surface area contributed by atoms with Crippen LogP contribution >= 0.6 is 28.1 Å². The number of nitrogens with one attached hydrogen (secondary N) is 1. The summed E-state index contributed by atoms with van der Waals surface area (Å²) in [4.78, 5) is 13.6. The third-order valence-electron chi connectivity index (χ3n) is 3.73. The Labute approximate surface area is 157 Å². The first kappa shape index (κ1) is 18.7. The molecule has 0 radical (unpaired) electrons. The van der Waals surface area contributed by atoms with E-state index in [1.165, 1.54) is 5.56 Å². The van der Waals surface area contributed by atoms with Gasteiger partial charge in [-0.05, 0) is 31.0 Å². The number of rotatable bonds is 7. The highest BCUT2D eigenvalue weighted by molar-refractivity contribution is 9.10. The molecule has 24 heavy (non-hydrogen) atoms. The lowest BCUT2D eigenvalue weighted by molar-refractivity contribution is -0.692. The summed E-state index contributed by atoms with van der Waals surface area (Å²) in [6.07, 6.45) is 6.01. The molecule has 0 amide bonds. The average molecular weight is 406 g/mol. The number of nitrogens with zero attached hydrogens (tertiary/aromatic N) is 1.